The largest absolute Gasteiger partial charge is 0.493 e. The molecule has 0 heterocycles. The van der Waals surface area contributed by atoms with E-state index in [-0.39, 0.29) is 10.6 Å². The van der Waals surface area contributed by atoms with Gasteiger partial charge in [-0.2, -0.15) is 5.10 Å². The molecule has 3 aromatic rings. The third-order valence-corrected chi connectivity index (χ3v) is 6.88. The molecule has 0 spiro atoms. The summed E-state index contributed by atoms with van der Waals surface area (Å²) in [7, 11) is 0.143. The van der Waals surface area contributed by atoms with Crippen LogP contribution in [0.15, 0.2) is 70.7 Å². The molecular formula is C25H26FN3O6S. The van der Waals surface area contributed by atoms with Gasteiger partial charge >= 0.3 is 0 Å². The van der Waals surface area contributed by atoms with Crippen LogP contribution in [0.2, 0.25) is 0 Å². The number of hydrogen-bond donors (Lipinski definition) is 1. The van der Waals surface area contributed by atoms with Crippen molar-refractivity contribution in [2.24, 2.45) is 5.10 Å². The second kappa shape index (κ2) is 11.5. The Morgan fingerprint density at radius 2 is 1.61 bits per heavy atom. The highest BCUT2D eigenvalue weighted by molar-refractivity contribution is 7.92. The van der Waals surface area contributed by atoms with E-state index in [1.807, 2.05) is 6.92 Å². The van der Waals surface area contributed by atoms with Crippen molar-refractivity contribution in [3.8, 4) is 17.2 Å². The average Bonchev–Trinajstić information content (AvgIpc) is 2.87. The summed E-state index contributed by atoms with van der Waals surface area (Å²) in [4.78, 5) is 12.6. The fourth-order valence-electron chi connectivity index (χ4n) is 3.31. The lowest BCUT2D eigenvalue weighted by Crippen LogP contribution is -2.40. The predicted molar refractivity (Wildman–Crippen MR) is 134 cm³/mol. The van der Waals surface area contributed by atoms with E-state index in [4.69, 9.17) is 14.2 Å². The first kappa shape index (κ1) is 26.5. The number of methoxy groups -OCH3 is 3. The number of benzene rings is 3. The van der Waals surface area contributed by atoms with Crippen molar-refractivity contribution in [1.82, 2.24) is 5.43 Å². The zero-order chi connectivity index (χ0) is 26.3. The minimum absolute atomic E-state index is 0.0786. The van der Waals surface area contributed by atoms with Crippen LogP contribution in [0.5, 0.6) is 17.2 Å². The van der Waals surface area contributed by atoms with E-state index >= 15 is 0 Å². The summed E-state index contributed by atoms with van der Waals surface area (Å²) in [5.41, 5.74) is 3.38. The monoisotopic (exact) mass is 515 g/mol. The number of ether oxygens (including phenoxy) is 3. The van der Waals surface area contributed by atoms with Crippen molar-refractivity contribution in [2.45, 2.75) is 11.8 Å². The third-order valence-electron chi connectivity index (χ3n) is 5.11. The molecule has 190 valence electrons. The fraction of sp³-hybridized carbons (Fsp3) is 0.200. The van der Waals surface area contributed by atoms with Gasteiger partial charge < -0.3 is 14.2 Å². The molecule has 11 heteroatoms. The van der Waals surface area contributed by atoms with Gasteiger partial charge in [-0.15, -0.1) is 0 Å². The minimum Gasteiger partial charge on any atom is -0.493 e. The molecule has 0 radical (unpaired) electrons. The van der Waals surface area contributed by atoms with Gasteiger partial charge in [0.2, 0.25) is 5.75 Å². The lowest BCUT2D eigenvalue weighted by molar-refractivity contribution is -0.119. The summed E-state index contributed by atoms with van der Waals surface area (Å²) in [6.45, 7) is 1.11. The molecule has 1 amide bonds. The quantitative estimate of drug-likeness (QED) is 0.327. The normalized spacial score (nSPS) is 11.2. The zero-order valence-corrected chi connectivity index (χ0v) is 21.0. The number of rotatable bonds is 10. The molecule has 0 unspecified atom stereocenters. The molecule has 0 bridgehead atoms. The van der Waals surface area contributed by atoms with E-state index in [9.17, 15) is 17.6 Å². The SMILES string of the molecule is COc1cc(/C=N/NC(=O)CN(c2ccccc2F)S(=O)(=O)c2ccc(C)cc2)cc(OC)c1OC. The van der Waals surface area contributed by atoms with Gasteiger partial charge in [-0.1, -0.05) is 29.8 Å². The maximum absolute atomic E-state index is 14.6. The summed E-state index contributed by atoms with van der Waals surface area (Å²) in [5.74, 6) is -0.401. The van der Waals surface area contributed by atoms with E-state index in [0.717, 1.165) is 11.6 Å². The third kappa shape index (κ3) is 5.92. The summed E-state index contributed by atoms with van der Waals surface area (Å²) in [5, 5.41) is 3.89. The Balaban J connectivity index is 1.85. The van der Waals surface area contributed by atoms with Gasteiger partial charge in [-0.3, -0.25) is 9.10 Å². The van der Waals surface area contributed by atoms with Gasteiger partial charge in [0.05, 0.1) is 38.1 Å². The van der Waals surface area contributed by atoms with Crippen LogP contribution < -0.4 is 23.9 Å². The van der Waals surface area contributed by atoms with Gasteiger partial charge in [-0.05, 0) is 43.3 Å². The smallest absolute Gasteiger partial charge is 0.264 e. The van der Waals surface area contributed by atoms with Crippen molar-refractivity contribution < 1.29 is 31.8 Å². The molecule has 0 aliphatic heterocycles. The maximum atomic E-state index is 14.6. The standard InChI is InChI=1S/C25H26FN3O6S/c1-17-9-11-19(12-10-17)36(31,32)29(21-8-6-5-7-20(21)26)16-24(30)28-27-15-18-13-22(33-2)25(35-4)23(14-18)34-3/h5-15H,16H2,1-4H3,(H,28,30)/b27-15+. The molecule has 3 aromatic carbocycles. The van der Waals surface area contributed by atoms with E-state index in [2.05, 4.69) is 10.5 Å². The molecule has 9 nitrogen and oxygen atoms in total. The van der Waals surface area contributed by atoms with Crippen LogP contribution in [0.25, 0.3) is 0 Å². The second-order valence-electron chi connectivity index (χ2n) is 7.53. The van der Waals surface area contributed by atoms with Gasteiger partial charge in [0, 0.05) is 5.56 Å². The average molecular weight is 516 g/mol. The second-order valence-corrected chi connectivity index (χ2v) is 9.39. The van der Waals surface area contributed by atoms with Crippen molar-refractivity contribution in [3.05, 3.63) is 77.6 Å². The van der Waals surface area contributed by atoms with Crippen LogP contribution in [0, 0.1) is 12.7 Å². The number of sulfonamides is 1. The molecular weight excluding hydrogens is 489 g/mol. The lowest BCUT2D eigenvalue weighted by Gasteiger charge is -2.24. The van der Waals surface area contributed by atoms with Gasteiger partial charge in [0.25, 0.3) is 15.9 Å². The van der Waals surface area contributed by atoms with Crippen LogP contribution in [0.3, 0.4) is 0 Å². The number of halogens is 1. The predicted octanol–water partition coefficient (Wildman–Crippen LogP) is 3.51. The van der Waals surface area contributed by atoms with Gasteiger partial charge in [0.1, 0.15) is 12.4 Å². The van der Waals surface area contributed by atoms with Crippen LogP contribution >= 0.6 is 0 Å². The maximum Gasteiger partial charge on any atom is 0.264 e. The molecule has 0 fully saturated rings. The number of hydrazone groups is 1. The molecule has 1 N–H and O–H groups in total. The summed E-state index contributed by atoms with van der Waals surface area (Å²) in [6, 6.07) is 14.6. The number of carbonyl (C=O) groups is 1. The van der Waals surface area contributed by atoms with Crippen molar-refractivity contribution in [1.29, 1.82) is 0 Å². The molecule has 0 aliphatic carbocycles. The number of carbonyl (C=O) groups excluding carboxylic acids is 1. The number of nitrogens with zero attached hydrogens (tertiary/aromatic N) is 2. The highest BCUT2D eigenvalue weighted by atomic mass is 32.2. The van der Waals surface area contributed by atoms with Crippen LogP contribution in [-0.4, -0.2) is 48.4 Å². The molecule has 36 heavy (non-hydrogen) atoms. The number of aryl methyl sites for hydroxylation is 1. The molecule has 0 saturated heterocycles. The number of anilines is 1. The summed E-state index contributed by atoms with van der Waals surface area (Å²) in [6.07, 6.45) is 1.32. The first-order valence-corrected chi connectivity index (χ1v) is 12.1. The fourth-order valence-corrected chi connectivity index (χ4v) is 4.74. The Morgan fingerprint density at radius 3 is 2.17 bits per heavy atom. The number of amides is 1. The van der Waals surface area contributed by atoms with Crippen molar-refractivity contribution >= 4 is 27.8 Å². The lowest BCUT2D eigenvalue weighted by atomic mass is 10.2. The molecule has 0 aromatic heterocycles. The number of para-hydroxylation sites is 1. The Hall–Kier alpha value is -4.12. The van der Waals surface area contributed by atoms with Crippen LogP contribution in [0.1, 0.15) is 11.1 Å². The Bertz CT molecular complexity index is 1340. The van der Waals surface area contributed by atoms with E-state index in [0.29, 0.717) is 27.1 Å². The first-order valence-electron chi connectivity index (χ1n) is 10.7. The van der Waals surface area contributed by atoms with E-state index in [1.54, 1.807) is 24.3 Å². The van der Waals surface area contributed by atoms with Gasteiger partial charge in [-0.25, -0.2) is 18.2 Å². The summed E-state index contributed by atoms with van der Waals surface area (Å²) >= 11 is 0. The zero-order valence-electron chi connectivity index (χ0n) is 20.2. The van der Waals surface area contributed by atoms with E-state index in [1.165, 1.54) is 57.9 Å². The molecule has 0 atom stereocenters. The van der Waals surface area contributed by atoms with Crippen LogP contribution in [-0.2, 0) is 14.8 Å². The molecule has 0 saturated carbocycles. The van der Waals surface area contributed by atoms with Crippen molar-refractivity contribution in [3.63, 3.8) is 0 Å². The number of hydrogen-bond acceptors (Lipinski definition) is 7. The van der Waals surface area contributed by atoms with Crippen molar-refractivity contribution in [2.75, 3.05) is 32.2 Å². The highest BCUT2D eigenvalue weighted by Crippen LogP contribution is 2.37. The Labute approximate surface area is 209 Å². The number of nitrogens with one attached hydrogen (secondary N) is 1. The van der Waals surface area contributed by atoms with E-state index < -0.39 is 28.3 Å². The topological polar surface area (TPSA) is 107 Å². The Morgan fingerprint density at radius 1 is 1.00 bits per heavy atom. The van der Waals surface area contributed by atoms with Crippen LogP contribution in [0.4, 0.5) is 10.1 Å². The summed E-state index contributed by atoms with van der Waals surface area (Å²) < 4.78 is 57.8. The first-order chi connectivity index (χ1) is 17.2. The van der Waals surface area contributed by atoms with Gasteiger partial charge in [0.15, 0.2) is 11.5 Å². The Kier molecular flexibility index (Phi) is 8.49. The highest BCUT2D eigenvalue weighted by Gasteiger charge is 2.29. The molecule has 3 rings (SSSR count). The minimum atomic E-state index is -4.26. The molecule has 0 aliphatic rings.